The van der Waals surface area contributed by atoms with Crippen LogP contribution >= 0.6 is 0 Å². The van der Waals surface area contributed by atoms with Crippen LogP contribution in [0.25, 0.3) is 0 Å². The maximum atomic E-state index is 10.5. The minimum Gasteiger partial charge on any atom is -0.491 e. The van der Waals surface area contributed by atoms with Crippen LogP contribution in [0, 0.1) is 10.1 Å². The Kier molecular flexibility index (Phi) is 3.89. The van der Waals surface area contributed by atoms with Crippen molar-refractivity contribution in [3.63, 3.8) is 0 Å². The standard InChI is InChI=1S/C11H14N2O4/c14-13(15)9-1-3-10(4-2-9)17-8-11-7-12-5-6-16-11/h1-4,11-12H,5-8H2. The summed E-state index contributed by atoms with van der Waals surface area (Å²) < 4.78 is 11.0. The van der Waals surface area contributed by atoms with Gasteiger partial charge in [0.15, 0.2) is 0 Å². The topological polar surface area (TPSA) is 73.6 Å². The molecule has 92 valence electrons. The lowest BCUT2D eigenvalue weighted by Gasteiger charge is -2.23. The summed E-state index contributed by atoms with van der Waals surface area (Å²) in [6.07, 6.45) is 0.0407. The van der Waals surface area contributed by atoms with Gasteiger partial charge in [0.1, 0.15) is 18.5 Å². The molecule has 0 amide bonds. The maximum Gasteiger partial charge on any atom is 0.269 e. The Morgan fingerprint density at radius 2 is 2.24 bits per heavy atom. The van der Waals surface area contributed by atoms with E-state index in [0.29, 0.717) is 19.0 Å². The van der Waals surface area contributed by atoms with Crippen molar-refractivity contribution in [1.29, 1.82) is 0 Å². The molecule has 1 fully saturated rings. The van der Waals surface area contributed by atoms with E-state index in [4.69, 9.17) is 9.47 Å². The minimum absolute atomic E-state index is 0.0407. The van der Waals surface area contributed by atoms with Crippen molar-refractivity contribution in [3.05, 3.63) is 34.4 Å². The third kappa shape index (κ3) is 3.40. The maximum absolute atomic E-state index is 10.5. The Balaban J connectivity index is 1.84. The lowest BCUT2D eigenvalue weighted by atomic mass is 10.3. The highest BCUT2D eigenvalue weighted by Gasteiger charge is 2.14. The van der Waals surface area contributed by atoms with Crippen LogP contribution in [0.3, 0.4) is 0 Å². The SMILES string of the molecule is O=[N+]([O-])c1ccc(OCC2CNCCO2)cc1. The van der Waals surface area contributed by atoms with Gasteiger partial charge >= 0.3 is 0 Å². The highest BCUT2D eigenvalue weighted by Crippen LogP contribution is 2.17. The summed E-state index contributed by atoms with van der Waals surface area (Å²) in [6.45, 7) is 2.78. The number of nitrogens with one attached hydrogen (secondary N) is 1. The molecule has 1 heterocycles. The fraction of sp³-hybridized carbons (Fsp3) is 0.455. The molecule has 0 saturated carbocycles. The van der Waals surface area contributed by atoms with E-state index in [-0.39, 0.29) is 11.8 Å². The average molecular weight is 238 g/mol. The molecule has 6 nitrogen and oxygen atoms in total. The van der Waals surface area contributed by atoms with Gasteiger partial charge in [-0.15, -0.1) is 0 Å². The largest absolute Gasteiger partial charge is 0.491 e. The van der Waals surface area contributed by atoms with Gasteiger partial charge in [-0.05, 0) is 12.1 Å². The van der Waals surface area contributed by atoms with E-state index >= 15 is 0 Å². The minimum atomic E-state index is -0.433. The molecule has 0 bridgehead atoms. The summed E-state index contributed by atoms with van der Waals surface area (Å²) in [5.41, 5.74) is 0.0629. The number of morpholine rings is 1. The molecule has 1 atom stereocenters. The molecule has 1 N–H and O–H groups in total. The first-order chi connectivity index (χ1) is 8.25. The smallest absolute Gasteiger partial charge is 0.269 e. The van der Waals surface area contributed by atoms with E-state index < -0.39 is 4.92 Å². The van der Waals surface area contributed by atoms with Crippen molar-refractivity contribution in [2.45, 2.75) is 6.10 Å². The second kappa shape index (κ2) is 5.60. The Bertz CT molecular complexity index is 374. The van der Waals surface area contributed by atoms with Crippen LogP contribution in [0.1, 0.15) is 0 Å². The number of benzene rings is 1. The first-order valence-electron chi connectivity index (χ1n) is 5.45. The second-order valence-corrected chi connectivity index (χ2v) is 3.76. The lowest BCUT2D eigenvalue weighted by molar-refractivity contribution is -0.384. The molecule has 2 rings (SSSR count). The zero-order valence-electron chi connectivity index (χ0n) is 9.30. The Labute approximate surface area is 98.7 Å². The molecule has 0 radical (unpaired) electrons. The molecule has 0 aliphatic carbocycles. The molecule has 1 aliphatic rings. The average Bonchev–Trinajstić information content (AvgIpc) is 2.38. The van der Waals surface area contributed by atoms with Crippen LogP contribution < -0.4 is 10.1 Å². The molecule has 1 aliphatic heterocycles. The van der Waals surface area contributed by atoms with Crippen molar-refractivity contribution < 1.29 is 14.4 Å². The number of rotatable bonds is 4. The predicted molar refractivity (Wildman–Crippen MR) is 61.2 cm³/mol. The highest BCUT2D eigenvalue weighted by atomic mass is 16.6. The molecule has 1 unspecified atom stereocenters. The van der Waals surface area contributed by atoms with Crippen LogP contribution in [0.5, 0.6) is 5.75 Å². The van der Waals surface area contributed by atoms with Crippen molar-refractivity contribution in [2.75, 3.05) is 26.3 Å². The summed E-state index contributed by atoms with van der Waals surface area (Å²) in [6, 6.07) is 6.04. The van der Waals surface area contributed by atoms with Gasteiger partial charge in [-0.3, -0.25) is 10.1 Å². The van der Waals surface area contributed by atoms with E-state index in [1.165, 1.54) is 12.1 Å². The number of nitrogens with zero attached hydrogens (tertiary/aromatic N) is 1. The molecule has 0 aromatic heterocycles. The van der Waals surface area contributed by atoms with E-state index in [2.05, 4.69) is 5.32 Å². The number of hydrogen-bond acceptors (Lipinski definition) is 5. The summed E-state index contributed by atoms with van der Waals surface area (Å²) in [5.74, 6) is 0.616. The van der Waals surface area contributed by atoms with Gasteiger partial charge in [-0.1, -0.05) is 0 Å². The van der Waals surface area contributed by atoms with Gasteiger partial charge in [0.05, 0.1) is 11.5 Å². The number of ether oxygens (including phenoxy) is 2. The quantitative estimate of drug-likeness (QED) is 0.624. The Morgan fingerprint density at radius 3 is 2.82 bits per heavy atom. The van der Waals surface area contributed by atoms with Gasteiger partial charge in [-0.25, -0.2) is 0 Å². The number of hydrogen-bond donors (Lipinski definition) is 1. The zero-order chi connectivity index (χ0) is 12.1. The van der Waals surface area contributed by atoms with Crippen LogP contribution in [0.2, 0.25) is 0 Å². The van der Waals surface area contributed by atoms with Crippen molar-refractivity contribution >= 4 is 5.69 Å². The van der Waals surface area contributed by atoms with Gasteiger partial charge in [0.25, 0.3) is 5.69 Å². The van der Waals surface area contributed by atoms with Crippen LogP contribution in [-0.2, 0) is 4.74 Å². The molecule has 0 spiro atoms. The van der Waals surface area contributed by atoms with Crippen LogP contribution in [0.15, 0.2) is 24.3 Å². The fourth-order valence-electron chi connectivity index (χ4n) is 1.58. The summed E-state index contributed by atoms with van der Waals surface area (Å²) in [5, 5.41) is 13.7. The third-order valence-corrected chi connectivity index (χ3v) is 2.49. The molecular weight excluding hydrogens is 224 g/mol. The predicted octanol–water partition coefficient (Wildman–Crippen LogP) is 0.962. The van der Waals surface area contributed by atoms with Crippen molar-refractivity contribution in [2.24, 2.45) is 0 Å². The number of nitro benzene ring substituents is 1. The first kappa shape index (κ1) is 11.8. The van der Waals surface area contributed by atoms with Crippen molar-refractivity contribution in [1.82, 2.24) is 5.32 Å². The normalized spacial score (nSPS) is 19.9. The highest BCUT2D eigenvalue weighted by molar-refractivity contribution is 5.35. The zero-order valence-corrected chi connectivity index (χ0v) is 9.30. The second-order valence-electron chi connectivity index (χ2n) is 3.76. The Morgan fingerprint density at radius 1 is 1.47 bits per heavy atom. The van der Waals surface area contributed by atoms with Gasteiger partial charge in [0, 0.05) is 25.2 Å². The number of nitro groups is 1. The van der Waals surface area contributed by atoms with E-state index in [1.807, 2.05) is 0 Å². The van der Waals surface area contributed by atoms with Gasteiger partial charge < -0.3 is 14.8 Å². The van der Waals surface area contributed by atoms with E-state index in [1.54, 1.807) is 12.1 Å². The number of non-ortho nitro benzene ring substituents is 1. The van der Waals surface area contributed by atoms with E-state index in [0.717, 1.165) is 13.1 Å². The summed E-state index contributed by atoms with van der Waals surface area (Å²) in [7, 11) is 0. The van der Waals surface area contributed by atoms with Gasteiger partial charge in [0.2, 0.25) is 0 Å². The summed E-state index contributed by atoms with van der Waals surface area (Å²) >= 11 is 0. The van der Waals surface area contributed by atoms with Crippen molar-refractivity contribution in [3.8, 4) is 5.75 Å². The van der Waals surface area contributed by atoms with E-state index in [9.17, 15) is 10.1 Å². The van der Waals surface area contributed by atoms with Crippen LogP contribution in [0.4, 0.5) is 5.69 Å². The monoisotopic (exact) mass is 238 g/mol. The first-order valence-corrected chi connectivity index (χ1v) is 5.45. The molecule has 1 aromatic carbocycles. The molecular formula is C11H14N2O4. The third-order valence-electron chi connectivity index (χ3n) is 2.49. The molecule has 6 heteroatoms. The van der Waals surface area contributed by atoms with Crippen LogP contribution in [-0.4, -0.2) is 37.3 Å². The van der Waals surface area contributed by atoms with Gasteiger partial charge in [-0.2, -0.15) is 0 Å². The Hall–Kier alpha value is -1.66. The molecule has 1 saturated heterocycles. The summed E-state index contributed by atoms with van der Waals surface area (Å²) in [4.78, 5) is 10.0. The molecule has 17 heavy (non-hydrogen) atoms. The lowest BCUT2D eigenvalue weighted by Crippen LogP contribution is -2.41. The molecule has 1 aromatic rings. The fourth-order valence-corrected chi connectivity index (χ4v) is 1.58.